The van der Waals surface area contributed by atoms with Gasteiger partial charge in [-0.25, -0.2) is 4.39 Å². The Morgan fingerprint density at radius 1 is 1.21 bits per heavy atom. The van der Waals surface area contributed by atoms with Crippen LogP contribution in [0.25, 0.3) is 0 Å². The zero-order valence-corrected chi connectivity index (χ0v) is 12.0. The summed E-state index contributed by atoms with van der Waals surface area (Å²) in [5, 5.41) is 0. The van der Waals surface area contributed by atoms with Gasteiger partial charge in [-0.1, -0.05) is 13.8 Å². The standard InChI is InChI=1S/C15H24FNO2/c1-11(2)10-18-6-7-19-15-5-4-14(16)9-13(15)8-12(3)17/h4-5,9,11-12H,6-8,10,17H2,1-3H3. The van der Waals surface area contributed by atoms with Crippen molar-refractivity contribution >= 4 is 0 Å². The quantitative estimate of drug-likeness (QED) is 0.738. The molecule has 0 aliphatic heterocycles. The van der Waals surface area contributed by atoms with E-state index < -0.39 is 0 Å². The Labute approximate surface area is 114 Å². The van der Waals surface area contributed by atoms with E-state index in [0.717, 1.165) is 12.2 Å². The van der Waals surface area contributed by atoms with Gasteiger partial charge < -0.3 is 15.2 Å². The molecule has 4 heteroatoms. The van der Waals surface area contributed by atoms with E-state index in [0.29, 0.717) is 31.3 Å². The zero-order valence-electron chi connectivity index (χ0n) is 12.0. The van der Waals surface area contributed by atoms with Crippen LogP contribution in [-0.4, -0.2) is 25.9 Å². The van der Waals surface area contributed by atoms with E-state index >= 15 is 0 Å². The van der Waals surface area contributed by atoms with Crippen molar-refractivity contribution in [3.8, 4) is 5.75 Å². The largest absolute Gasteiger partial charge is 0.491 e. The lowest BCUT2D eigenvalue weighted by molar-refractivity contribution is 0.0816. The topological polar surface area (TPSA) is 44.5 Å². The summed E-state index contributed by atoms with van der Waals surface area (Å²) in [6.45, 7) is 7.81. The number of halogens is 1. The van der Waals surface area contributed by atoms with Crippen molar-refractivity contribution in [1.29, 1.82) is 0 Å². The van der Waals surface area contributed by atoms with Crippen LogP contribution in [0.3, 0.4) is 0 Å². The molecule has 0 aliphatic carbocycles. The van der Waals surface area contributed by atoms with Crippen LogP contribution in [-0.2, 0) is 11.2 Å². The highest BCUT2D eigenvalue weighted by molar-refractivity contribution is 5.34. The summed E-state index contributed by atoms with van der Waals surface area (Å²) in [5.41, 5.74) is 6.55. The van der Waals surface area contributed by atoms with Crippen molar-refractivity contribution in [2.45, 2.75) is 33.2 Å². The minimum Gasteiger partial charge on any atom is -0.491 e. The smallest absolute Gasteiger partial charge is 0.123 e. The normalized spacial score (nSPS) is 12.7. The molecule has 0 fully saturated rings. The van der Waals surface area contributed by atoms with Gasteiger partial charge in [0.1, 0.15) is 18.2 Å². The van der Waals surface area contributed by atoms with Crippen LogP contribution in [0.1, 0.15) is 26.3 Å². The SMILES string of the molecule is CC(C)COCCOc1ccc(F)cc1CC(C)N. The monoisotopic (exact) mass is 269 g/mol. The summed E-state index contributed by atoms with van der Waals surface area (Å²) in [6.07, 6.45) is 0.597. The molecule has 3 nitrogen and oxygen atoms in total. The number of nitrogens with two attached hydrogens (primary N) is 1. The number of rotatable bonds is 8. The van der Waals surface area contributed by atoms with Crippen molar-refractivity contribution in [2.75, 3.05) is 19.8 Å². The summed E-state index contributed by atoms with van der Waals surface area (Å²) < 4.78 is 24.3. The van der Waals surface area contributed by atoms with Gasteiger partial charge in [0, 0.05) is 12.6 Å². The first-order valence-electron chi connectivity index (χ1n) is 6.73. The first kappa shape index (κ1) is 15.9. The molecule has 0 heterocycles. The summed E-state index contributed by atoms with van der Waals surface area (Å²) >= 11 is 0. The minimum absolute atomic E-state index is 0.0265. The zero-order chi connectivity index (χ0) is 14.3. The third kappa shape index (κ3) is 6.55. The fourth-order valence-corrected chi connectivity index (χ4v) is 1.72. The summed E-state index contributed by atoms with van der Waals surface area (Å²) in [4.78, 5) is 0. The molecular weight excluding hydrogens is 245 g/mol. The lowest BCUT2D eigenvalue weighted by Gasteiger charge is -2.14. The van der Waals surface area contributed by atoms with Gasteiger partial charge >= 0.3 is 0 Å². The number of ether oxygens (including phenoxy) is 2. The maximum atomic E-state index is 13.2. The molecule has 1 atom stereocenters. The third-order valence-electron chi connectivity index (χ3n) is 2.50. The molecule has 0 aromatic heterocycles. The van der Waals surface area contributed by atoms with Crippen molar-refractivity contribution in [3.05, 3.63) is 29.6 Å². The Kier molecular flexibility index (Phi) is 6.81. The Morgan fingerprint density at radius 2 is 1.95 bits per heavy atom. The highest BCUT2D eigenvalue weighted by atomic mass is 19.1. The number of benzene rings is 1. The summed E-state index contributed by atoms with van der Waals surface area (Å²) in [5.74, 6) is 0.936. The molecular formula is C15H24FNO2. The predicted molar refractivity (Wildman–Crippen MR) is 74.9 cm³/mol. The molecule has 0 saturated carbocycles. The van der Waals surface area contributed by atoms with Crippen molar-refractivity contribution in [2.24, 2.45) is 11.7 Å². The predicted octanol–water partition coefficient (Wildman–Crippen LogP) is 2.77. The molecule has 0 bridgehead atoms. The van der Waals surface area contributed by atoms with Gasteiger partial charge in [0.15, 0.2) is 0 Å². The Balaban J connectivity index is 2.47. The van der Waals surface area contributed by atoms with Crippen LogP contribution >= 0.6 is 0 Å². The molecule has 1 aromatic rings. The third-order valence-corrected chi connectivity index (χ3v) is 2.50. The molecule has 1 rings (SSSR count). The first-order chi connectivity index (χ1) is 8.99. The van der Waals surface area contributed by atoms with E-state index in [4.69, 9.17) is 15.2 Å². The van der Waals surface area contributed by atoms with Crippen LogP contribution in [0, 0.1) is 11.7 Å². The van der Waals surface area contributed by atoms with Gasteiger partial charge in [-0.15, -0.1) is 0 Å². The first-order valence-corrected chi connectivity index (χ1v) is 6.73. The lowest BCUT2D eigenvalue weighted by atomic mass is 10.1. The van der Waals surface area contributed by atoms with E-state index in [1.807, 2.05) is 6.92 Å². The molecule has 19 heavy (non-hydrogen) atoms. The highest BCUT2D eigenvalue weighted by Crippen LogP contribution is 2.21. The van der Waals surface area contributed by atoms with Crippen molar-refractivity contribution in [3.63, 3.8) is 0 Å². The van der Waals surface area contributed by atoms with Gasteiger partial charge in [0.25, 0.3) is 0 Å². The molecule has 1 aromatic carbocycles. The van der Waals surface area contributed by atoms with E-state index in [2.05, 4.69) is 13.8 Å². The molecule has 0 saturated heterocycles. The summed E-state index contributed by atoms with van der Waals surface area (Å²) in [7, 11) is 0. The highest BCUT2D eigenvalue weighted by Gasteiger charge is 2.08. The lowest BCUT2D eigenvalue weighted by Crippen LogP contribution is -2.19. The van der Waals surface area contributed by atoms with Crippen molar-refractivity contribution < 1.29 is 13.9 Å². The molecule has 108 valence electrons. The van der Waals surface area contributed by atoms with E-state index in [1.165, 1.54) is 12.1 Å². The minimum atomic E-state index is -0.265. The maximum absolute atomic E-state index is 13.2. The van der Waals surface area contributed by atoms with Crippen LogP contribution in [0.2, 0.25) is 0 Å². The van der Waals surface area contributed by atoms with Gasteiger partial charge in [-0.3, -0.25) is 0 Å². The fourth-order valence-electron chi connectivity index (χ4n) is 1.72. The van der Waals surface area contributed by atoms with Crippen LogP contribution in [0.5, 0.6) is 5.75 Å². The van der Waals surface area contributed by atoms with E-state index in [1.54, 1.807) is 6.07 Å². The molecule has 0 aliphatic rings. The van der Waals surface area contributed by atoms with Crippen LogP contribution in [0.4, 0.5) is 4.39 Å². The molecule has 0 radical (unpaired) electrons. The average molecular weight is 269 g/mol. The Morgan fingerprint density at radius 3 is 2.58 bits per heavy atom. The van der Waals surface area contributed by atoms with E-state index in [9.17, 15) is 4.39 Å². The maximum Gasteiger partial charge on any atom is 0.123 e. The van der Waals surface area contributed by atoms with Crippen LogP contribution < -0.4 is 10.5 Å². The fraction of sp³-hybridized carbons (Fsp3) is 0.600. The van der Waals surface area contributed by atoms with Gasteiger partial charge in [0.05, 0.1) is 6.61 Å². The molecule has 0 amide bonds. The second-order valence-electron chi connectivity index (χ2n) is 5.25. The van der Waals surface area contributed by atoms with Gasteiger partial charge in [-0.2, -0.15) is 0 Å². The Bertz CT molecular complexity index is 380. The Hall–Kier alpha value is -1.13. The second kappa shape index (κ2) is 8.12. The summed E-state index contributed by atoms with van der Waals surface area (Å²) in [6, 6.07) is 4.50. The van der Waals surface area contributed by atoms with Gasteiger partial charge in [0.2, 0.25) is 0 Å². The van der Waals surface area contributed by atoms with Crippen molar-refractivity contribution in [1.82, 2.24) is 0 Å². The van der Waals surface area contributed by atoms with Crippen LogP contribution in [0.15, 0.2) is 18.2 Å². The second-order valence-corrected chi connectivity index (χ2v) is 5.25. The van der Waals surface area contributed by atoms with E-state index in [-0.39, 0.29) is 11.9 Å². The molecule has 1 unspecified atom stereocenters. The number of hydrogen-bond acceptors (Lipinski definition) is 3. The molecule has 2 N–H and O–H groups in total. The van der Waals surface area contributed by atoms with Gasteiger partial charge in [-0.05, 0) is 43.0 Å². The molecule has 0 spiro atoms. The number of hydrogen-bond donors (Lipinski definition) is 1. The average Bonchev–Trinajstić information content (AvgIpc) is 2.30.